The number of amides is 2. The van der Waals surface area contributed by atoms with Crippen LogP contribution in [0.1, 0.15) is 38.3 Å². The minimum Gasteiger partial charge on any atom is -0.344 e. The highest BCUT2D eigenvalue weighted by Gasteiger charge is 2.42. The van der Waals surface area contributed by atoms with Gasteiger partial charge in [0, 0.05) is 28.9 Å². The Bertz CT molecular complexity index is 1340. The van der Waals surface area contributed by atoms with E-state index in [0.29, 0.717) is 16.8 Å². The largest absolute Gasteiger partial charge is 0.344 e. The Morgan fingerprint density at radius 3 is 2.53 bits per heavy atom. The summed E-state index contributed by atoms with van der Waals surface area (Å²) in [4.78, 5) is 28.7. The van der Waals surface area contributed by atoms with E-state index in [1.807, 2.05) is 18.2 Å². The van der Waals surface area contributed by atoms with Crippen LogP contribution in [-0.2, 0) is 21.4 Å². The van der Waals surface area contributed by atoms with Crippen molar-refractivity contribution in [3.8, 4) is 6.07 Å². The second-order valence-corrected chi connectivity index (χ2v) is 9.36. The molecule has 0 saturated carbocycles. The molecule has 0 unspecified atom stereocenters. The van der Waals surface area contributed by atoms with Gasteiger partial charge in [-0.2, -0.15) is 10.3 Å². The summed E-state index contributed by atoms with van der Waals surface area (Å²) in [6, 6.07) is 17.5. The molecule has 34 heavy (non-hydrogen) atoms. The minimum absolute atomic E-state index is 0.0399. The fourth-order valence-electron chi connectivity index (χ4n) is 5.18. The van der Waals surface area contributed by atoms with Gasteiger partial charge in [-0.3, -0.25) is 15.0 Å². The van der Waals surface area contributed by atoms with E-state index in [-0.39, 0.29) is 11.0 Å². The standard InChI is InChI=1S/C28H26N4O2/c1-18-21(26(33)32(27(34)22(18)17-29)30-20-11-5-4-6-12-20)14-15-24-28(2,3)23-13-7-9-19-10-8-16-31(24)25(19)23/h4-7,9,11-15,30H,8,10,16H2,1-3H3/b21-14+,24-15-. The van der Waals surface area contributed by atoms with Gasteiger partial charge in [0.1, 0.15) is 11.6 Å². The van der Waals surface area contributed by atoms with Crippen molar-refractivity contribution in [1.29, 1.82) is 5.26 Å². The number of aryl methyl sites for hydroxylation is 1. The number of carbonyl (C=O) groups is 2. The van der Waals surface area contributed by atoms with Crippen LogP contribution in [0.2, 0.25) is 0 Å². The molecule has 0 saturated heterocycles. The molecule has 2 amide bonds. The lowest BCUT2D eigenvalue weighted by Gasteiger charge is -2.30. The van der Waals surface area contributed by atoms with Gasteiger partial charge in [0.05, 0.1) is 5.69 Å². The van der Waals surface area contributed by atoms with Crippen LogP contribution in [0.3, 0.4) is 0 Å². The van der Waals surface area contributed by atoms with Gasteiger partial charge in [-0.1, -0.05) is 50.2 Å². The first-order chi connectivity index (χ1) is 16.3. The third-order valence-electron chi connectivity index (χ3n) is 6.99. The lowest BCUT2D eigenvalue weighted by atomic mass is 9.83. The van der Waals surface area contributed by atoms with Crippen LogP contribution in [0.15, 0.2) is 83.1 Å². The fourth-order valence-corrected chi connectivity index (χ4v) is 5.18. The first kappa shape index (κ1) is 21.7. The molecule has 6 nitrogen and oxygen atoms in total. The maximum atomic E-state index is 13.4. The van der Waals surface area contributed by atoms with Crippen molar-refractivity contribution in [2.24, 2.45) is 0 Å². The molecule has 0 spiro atoms. The highest BCUT2D eigenvalue weighted by molar-refractivity contribution is 6.18. The third kappa shape index (κ3) is 3.24. The van der Waals surface area contributed by atoms with E-state index in [4.69, 9.17) is 0 Å². The van der Waals surface area contributed by atoms with Gasteiger partial charge in [0.25, 0.3) is 11.8 Å². The molecule has 0 atom stereocenters. The monoisotopic (exact) mass is 450 g/mol. The number of benzene rings is 2. The first-order valence-corrected chi connectivity index (χ1v) is 11.5. The van der Waals surface area contributed by atoms with Gasteiger partial charge in [-0.15, -0.1) is 0 Å². The topological polar surface area (TPSA) is 76.4 Å². The van der Waals surface area contributed by atoms with E-state index >= 15 is 0 Å². The Balaban J connectivity index is 1.58. The molecule has 2 aromatic carbocycles. The lowest BCUT2D eigenvalue weighted by molar-refractivity contribution is -0.138. The van der Waals surface area contributed by atoms with Gasteiger partial charge in [-0.05, 0) is 60.8 Å². The average molecular weight is 451 g/mol. The average Bonchev–Trinajstić information content (AvgIpc) is 3.06. The van der Waals surface area contributed by atoms with E-state index in [1.54, 1.807) is 37.3 Å². The fraction of sp³-hybridized carbons (Fsp3) is 0.250. The summed E-state index contributed by atoms with van der Waals surface area (Å²) in [5.74, 6) is -1.12. The molecule has 6 heteroatoms. The summed E-state index contributed by atoms with van der Waals surface area (Å²) in [5.41, 5.74) is 8.96. The molecule has 3 aliphatic rings. The summed E-state index contributed by atoms with van der Waals surface area (Å²) in [5, 5.41) is 10.6. The van der Waals surface area contributed by atoms with Gasteiger partial charge >= 0.3 is 0 Å². The maximum absolute atomic E-state index is 13.4. The predicted molar refractivity (Wildman–Crippen MR) is 132 cm³/mol. The number of nitrogens with one attached hydrogen (secondary N) is 1. The zero-order valence-corrected chi connectivity index (χ0v) is 19.6. The van der Waals surface area contributed by atoms with Crippen molar-refractivity contribution in [1.82, 2.24) is 5.01 Å². The first-order valence-electron chi connectivity index (χ1n) is 11.5. The van der Waals surface area contributed by atoms with Crippen molar-refractivity contribution < 1.29 is 9.59 Å². The number of allylic oxidation sites excluding steroid dienone is 3. The summed E-state index contributed by atoms with van der Waals surface area (Å²) in [6.45, 7) is 6.98. The molecule has 3 aliphatic heterocycles. The number of hydrogen-bond donors (Lipinski definition) is 1. The number of rotatable bonds is 3. The van der Waals surface area contributed by atoms with Crippen molar-refractivity contribution in [3.63, 3.8) is 0 Å². The SMILES string of the molecule is CC1=C(C#N)C(=O)N(Nc2ccccc2)C(=O)/C1=C/C=C1\N2CCCc3cccc(c32)C1(C)C. The second-order valence-electron chi connectivity index (χ2n) is 9.36. The molecule has 0 bridgehead atoms. The van der Waals surface area contributed by atoms with Gasteiger partial charge in [-0.25, -0.2) is 0 Å². The molecule has 170 valence electrons. The predicted octanol–water partition coefficient (Wildman–Crippen LogP) is 4.78. The van der Waals surface area contributed by atoms with Crippen molar-refractivity contribution in [2.75, 3.05) is 16.9 Å². The van der Waals surface area contributed by atoms with Gasteiger partial charge < -0.3 is 4.90 Å². The van der Waals surface area contributed by atoms with E-state index in [0.717, 1.165) is 30.1 Å². The highest BCUT2D eigenvalue weighted by Crippen LogP contribution is 2.51. The van der Waals surface area contributed by atoms with Gasteiger partial charge in [0.15, 0.2) is 0 Å². The van der Waals surface area contributed by atoms with Crippen LogP contribution in [0.4, 0.5) is 11.4 Å². The van der Waals surface area contributed by atoms with Crippen LogP contribution in [0, 0.1) is 11.3 Å². The van der Waals surface area contributed by atoms with Crippen LogP contribution < -0.4 is 10.3 Å². The van der Waals surface area contributed by atoms with Gasteiger partial charge in [0.2, 0.25) is 0 Å². The Labute approximate surface area is 199 Å². The number of hydrazine groups is 1. The molecular weight excluding hydrogens is 424 g/mol. The van der Waals surface area contributed by atoms with Crippen LogP contribution in [0.5, 0.6) is 0 Å². The van der Waals surface area contributed by atoms with Crippen LogP contribution in [0.25, 0.3) is 0 Å². The lowest BCUT2D eigenvalue weighted by Crippen LogP contribution is -2.46. The molecule has 2 aromatic rings. The number of hydrogen-bond acceptors (Lipinski definition) is 5. The van der Waals surface area contributed by atoms with Crippen LogP contribution >= 0.6 is 0 Å². The van der Waals surface area contributed by atoms with E-state index in [1.165, 1.54) is 16.8 Å². The van der Waals surface area contributed by atoms with Crippen molar-refractivity contribution >= 4 is 23.2 Å². The summed E-state index contributed by atoms with van der Waals surface area (Å²) in [7, 11) is 0. The Morgan fingerprint density at radius 1 is 1.03 bits per heavy atom. The Morgan fingerprint density at radius 2 is 1.79 bits per heavy atom. The van der Waals surface area contributed by atoms with E-state index < -0.39 is 11.8 Å². The maximum Gasteiger partial charge on any atom is 0.290 e. The quantitative estimate of drug-likeness (QED) is 0.538. The zero-order chi connectivity index (χ0) is 24.0. The normalized spacial score (nSPS) is 21.2. The molecular formula is C28H26N4O2. The molecule has 0 aliphatic carbocycles. The zero-order valence-electron chi connectivity index (χ0n) is 19.6. The smallest absolute Gasteiger partial charge is 0.290 e. The minimum atomic E-state index is -0.645. The number of carbonyl (C=O) groups excluding carboxylic acids is 2. The Kier molecular flexibility index (Phi) is 5.13. The number of nitrogens with zero attached hydrogens (tertiary/aromatic N) is 3. The van der Waals surface area contributed by atoms with E-state index in [2.05, 4.69) is 42.4 Å². The second kappa shape index (κ2) is 8.03. The number of nitriles is 1. The molecule has 0 fully saturated rings. The van der Waals surface area contributed by atoms with Crippen LogP contribution in [-0.4, -0.2) is 23.4 Å². The van der Waals surface area contributed by atoms with E-state index in [9.17, 15) is 14.9 Å². The molecule has 3 heterocycles. The Hall–Kier alpha value is -4.11. The molecule has 0 radical (unpaired) electrons. The molecule has 5 rings (SSSR count). The number of imide groups is 1. The molecule has 0 aromatic heterocycles. The summed E-state index contributed by atoms with van der Waals surface area (Å²) < 4.78 is 0. The summed E-state index contributed by atoms with van der Waals surface area (Å²) >= 11 is 0. The summed E-state index contributed by atoms with van der Waals surface area (Å²) in [6.07, 6.45) is 5.88. The van der Waals surface area contributed by atoms with Crippen molar-refractivity contribution in [3.05, 3.63) is 94.2 Å². The number of para-hydroxylation sites is 2. The highest BCUT2D eigenvalue weighted by atomic mass is 16.2. The van der Waals surface area contributed by atoms with Crippen molar-refractivity contribution in [2.45, 2.75) is 39.0 Å². The molecule has 1 N–H and O–H groups in total. The third-order valence-corrected chi connectivity index (χ3v) is 6.99. The number of anilines is 2.